The minimum absolute atomic E-state index is 0.0980. The molecule has 3 aromatic rings. The molecule has 1 aromatic heterocycles. The highest BCUT2D eigenvalue weighted by atomic mass is 15.0. The largest absolute Gasteiger partial charge is 0.361 e. The van der Waals surface area contributed by atoms with E-state index in [0.29, 0.717) is 0 Å². The van der Waals surface area contributed by atoms with E-state index in [2.05, 4.69) is 84.9 Å². The molecule has 0 aliphatic carbocycles. The Morgan fingerprint density at radius 2 is 1.73 bits per heavy atom. The molecule has 0 aliphatic rings. The van der Waals surface area contributed by atoms with Gasteiger partial charge in [0.1, 0.15) is 0 Å². The Labute approximate surface area is 132 Å². The SMILES string of the molecule is CCC(C)(Cc1c[nH]c2ccccc12)NCc1ccccc1. The first kappa shape index (κ1) is 14.9. The van der Waals surface area contributed by atoms with Crippen molar-refractivity contribution in [1.82, 2.24) is 10.3 Å². The highest BCUT2D eigenvalue weighted by Gasteiger charge is 2.23. The van der Waals surface area contributed by atoms with Crippen molar-refractivity contribution in [3.8, 4) is 0 Å². The van der Waals surface area contributed by atoms with Crippen LogP contribution in [0.4, 0.5) is 0 Å². The average molecular weight is 292 g/mol. The molecule has 0 fully saturated rings. The summed E-state index contributed by atoms with van der Waals surface area (Å²) in [7, 11) is 0. The fraction of sp³-hybridized carbons (Fsp3) is 0.300. The Bertz CT molecular complexity index is 730. The number of aromatic nitrogens is 1. The van der Waals surface area contributed by atoms with Gasteiger partial charge in [-0.2, -0.15) is 0 Å². The van der Waals surface area contributed by atoms with E-state index in [0.717, 1.165) is 19.4 Å². The summed E-state index contributed by atoms with van der Waals surface area (Å²) in [6.07, 6.45) is 4.28. The molecule has 1 unspecified atom stereocenters. The molecule has 0 bridgehead atoms. The van der Waals surface area contributed by atoms with Crippen LogP contribution in [0.25, 0.3) is 10.9 Å². The number of hydrogen-bond acceptors (Lipinski definition) is 1. The maximum atomic E-state index is 3.75. The summed E-state index contributed by atoms with van der Waals surface area (Å²) in [4.78, 5) is 3.38. The molecule has 2 heteroatoms. The lowest BCUT2D eigenvalue weighted by molar-refractivity contribution is 0.339. The number of benzene rings is 2. The van der Waals surface area contributed by atoms with Crippen LogP contribution in [-0.2, 0) is 13.0 Å². The second kappa shape index (κ2) is 6.37. The zero-order chi connectivity index (χ0) is 15.4. The summed E-state index contributed by atoms with van der Waals surface area (Å²) in [6, 6.07) is 19.1. The molecule has 22 heavy (non-hydrogen) atoms. The predicted molar refractivity (Wildman–Crippen MR) is 94.0 cm³/mol. The highest BCUT2D eigenvalue weighted by Crippen LogP contribution is 2.24. The van der Waals surface area contributed by atoms with E-state index in [1.165, 1.54) is 22.0 Å². The quantitative estimate of drug-likeness (QED) is 0.679. The van der Waals surface area contributed by atoms with Gasteiger partial charge in [0.2, 0.25) is 0 Å². The zero-order valence-corrected chi connectivity index (χ0v) is 13.4. The van der Waals surface area contributed by atoms with Crippen molar-refractivity contribution in [1.29, 1.82) is 0 Å². The molecular weight excluding hydrogens is 268 g/mol. The smallest absolute Gasteiger partial charge is 0.0456 e. The van der Waals surface area contributed by atoms with Crippen molar-refractivity contribution in [2.45, 2.75) is 38.8 Å². The van der Waals surface area contributed by atoms with Gasteiger partial charge >= 0.3 is 0 Å². The van der Waals surface area contributed by atoms with Crippen molar-refractivity contribution in [2.24, 2.45) is 0 Å². The molecule has 0 amide bonds. The number of H-pyrrole nitrogens is 1. The molecule has 0 saturated carbocycles. The van der Waals surface area contributed by atoms with Crippen LogP contribution in [0.2, 0.25) is 0 Å². The first-order valence-electron chi connectivity index (χ1n) is 8.04. The van der Waals surface area contributed by atoms with E-state index >= 15 is 0 Å². The van der Waals surface area contributed by atoms with E-state index in [9.17, 15) is 0 Å². The second-order valence-electron chi connectivity index (χ2n) is 6.29. The van der Waals surface area contributed by atoms with Gasteiger partial charge in [0.15, 0.2) is 0 Å². The summed E-state index contributed by atoms with van der Waals surface area (Å²) < 4.78 is 0. The van der Waals surface area contributed by atoms with Crippen LogP contribution < -0.4 is 5.32 Å². The van der Waals surface area contributed by atoms with Gasteiger partial charge in [-0.1, -0.05) is 55.5 Å². The van der Waals surface area contributed by atoms with Gasteiger partial charge in [-0.05, 0) is 37.0 Å². The third-order valence-corrected chi connectivity index (χ3v) is 4.60. The van der Waals surface area contributed by atoms with E-state index < -0.39 is 0 Å². The predicted octanol–water partition coefficient (Wildman–Crippen LogP) is 4.67. The fourth-order valence-corrected chi connectivity index (χ4v) is 2.92. The minimum Gasteiger partial charge on any atom is -0.361 e. The van der Waals surface area contributed by atoms with E-state index in [4.69, 9.17) is 0 Å². The topological polar surface area (TPSA) is 27.8 Å². The number of fused-ring (bicyclic) bond motifs is 1. The van der Waals surface area contributed by atoms with E-state index in [1.807, 2.05) is 0 Å². The Kier molecular flexibility index (Phi) is 4.30. The number of aromatic amines is 1. The normalized spacial score (nSPS) is 14.1. The summed E-state index contributed by atoms with van der Waals surface area (Å²) in [5, 5.41) is 5.09. The molecule has 0 spiro atoms. The lowest BCUT2D eigenvalue weighted by atomic mass is 9.89. The van der Waals surface area contributed by atoms with Gasteiger partial charge < -0.3 is 10.3 Å². The number of para-hydroxylation sites is 1. The minimum atomic E-state index is 0.0980. The van der Waals surface area contributed by atoms with Crippen LogP contribution in [0, 0.1) is 0 Å². The standard InChI is InChI=1S/C20H24N2/c1-3-20(2,22-14-16-9-5-4-6-10-16)13-17-15-21-19-12-8-7-11-18(17)19/h4-12,15,21-22H,3,13-14H2,1-2H3. The third kappa shape index (κ3) is 3.23. The molecule has 1 atom stereocenters. The van der Waals surface area contributed by atoms with Crippen molar-refractivity contribution in [3.63, 3.8) is 0 Å². The van der Waals surface area contributed by atoms with E-state index in [1.54, 1.807) is 0 Å². The molecule has 0 radical (unpaired) electrons. The monoisotopic (exact) mass is 292 g/mol. The van der Waals surface area contributed by atoms with Crippen molar-refractivity contribution in [3.05, 3.63) is 71.9 Å². The van der Waals surface area contributed by atoms with Crippen LogP contribution in [-0.4, -0.2) is 10.5 Å². The van der Waals surface area contributed by atoms with Crippen molar-refractivity contribution in [2.75, 3.05) is 0 Å². The average Bonchev–Trinajstić information content (AvgIpc) is 2.97. The molecular formula is C20H24N2. The Morgan fingerprint density at radius 3 is 2.50 bits per heavy atom. The summed E-state index contributed by atoms with van der Waals surface area (Å²) in [6.45, 7) is 5.48. The van der Waals surface area contributed by atoms with Gasteiger partial charge in [0, 0.05) is 29.2 Å². The molecule has 0 aliphatic heterocycles. The molecule has 2 nitrogen and oxygen atoms in total. The number of hydrogen-bond donors (Lipinski definition) is 2. The number of nitrogens with one attached hydrogen (secondary N) is 2. The van der Waals surface area contributed by atoms with Crippen molar-refractivity contribution < 1.29 is 0 Å². The summed E-state index contributed by atoms with van der Waals surface area (Å²) >= 11 is 0. The first-order valence-corrected chi connectivity index (χ1v) is 8.04. The first-order chi connectivity index (χ1) is 10.7. The third-order valence-electron chi connectivity index (χ3n) is 4.60. The molecule has 2 aromatic carbocycles. The van der Waals surface area contributed by atoms with Gasteiger partial charge in [0.05, 0.1) is 0 Å². The van der Waals surface area contributed by atoms with Gasteiger partial charge in [-0.15, -0.1) is 0 Å². The lowest BCUT2D eigenvalue weighted by Crippen LogP contribution is -2.43. The van der Waals surface area contributed by atoms with Crippen LogP contribution in [0.15, 0.2) is 60.8 Å². The zero-order valence-electron chi connectivity index (χ0n) is 13.4. The van der Waals surface area contributed by atoms with Crippen LogP contribution in [0.5, 0.6) is 0 Å². The second-order valence-corrected chi connectivity index (χ2v) is 6.29. The molecule has 114 valence electrons. The van der Waals surface area contributed by atoms with Crippen LogP contribution in [0.3, 0.4) is 0 Å². The fourth-order valence-electron chi connectivity index (χ4n) is 2.92. The van der Waals surface area contributed by atoms with Gasteiger partial charge in [-0.25, -0.2) is 0 Å². The van der Waals surface area contributed by atoms with Crippen LogP contribution in [0.1, 0.15) is 31.4 Å². The highest BCUT2D eigenvalue weighted by molar-refractivity contribution is 5.83. The van der Waals surface area contributed by atoms with Gasteiger partial charge in [-0.3, -0.25) is 0 Å². The Balaban J connectivity index is 1.75. The lowest BCUT2D eigenvalue weighted by Gasteiger charge is -2.30. The molecule has 3 rings (SSSR count). The molecule has 0 saturated heterocycles. The van der Waals surface area contributed by atoms with E-state index in [-0.39, 0.29) is 5.54 Å². The maximum Gasteiger partial charge on any atom is 0.0456 e. The summed E-state index contributed by atoms with van der Waals surface area (Å²) in [5.74, 6) is 0. The molecule has 2 N–H and O–H groups in total. The van der Waals surface area contributed by atoms with Gasteiger partial charge in [0.25, 0.3) is 0 Å². The van der Waals surface area contributed by atoms with Crippen molar-refractivity contribution >= 4 is 10.9 Å². The molecule has 1 heterocycles. The van der Waals surface area contributed by atoms with Crippen LogP contribution >= 0.6 is 0 Å². The maximum absolute atomic E-state index is 3.75. The summed E-state index contributed by atoms with van der Waals surface area (Å²) in [5.41, 5.74) is 4.04. The number of rotatable bonds is 6. The Hall–Kier alpha value is -2.06. The Morgan fingerprint density at radius 1 is 1.00 bits per heavy atom.